The molecule has 0 spiro atoms. The number of likely N-dealkylation sites (N-methyl/N-ethyl adjacent to an activating group) is 1. The zero-order valence-corrected chi connectivity index (χ0v) is 12.9. The lowest BCUT2D eigenvalue weighted by molar-refractivity contribution is -0.131. The second kappa shape index (κ2) is 6.70. The van der Waals surface area contributed by atoms with Crippen LogP contribution in [0.25, 0.3) is 0 Å². The van der Waals surface area contributed by atoms with Crippen molar-refractivity contribution in [1.29, 1.82) is 0 Å². The first-order valence-electron chi connectivity index (χ1n) is 7.43. The number of nitrogens with zero attached hydrogens (tertiary/aromatic N) is 2. The molecule has 0 fully saturated rings. The Kier molecular flexibility index (Phi) is 4.92. The Labute approximate surface area is 129 Å². The summed E-state index contributed by atoms with van der Waals surface area (Å²) < 4.78 is 0. The molecule has 2 rings (SSSR count). The average Bonchev–Trinajstić information content (AvgIpc) is 2.76. The summed E-state index contributed by atoms with van der Waals surface area (Å²) in [5, 5.41) is 0. The molecule has 1 aliphatic heterocycles. The number of fused-ring (bicyclic) bond motifs is 1. The van der Waals surface area contributed by atoms with Gasteiger partial charge in [0.1, 0.15) is 0 Å². The minimum atomic E-state index is -0.530. The quantitative estimate of drug-likeness (QED) is 0.790. The molecule has 1 aromatic rings. The Bertz CT molecular complexity index is 565. The molecule has 0 saturated carbocycles. The van der Waals surface area contributed by atoms with E-state index >= 15 is 0 Å². The van der Waals surface area contributed by atoms with Crippen LogP contribution in [0, 0.1) is 0 Å². The average molecular weight is 303 g/mol. The SMILES string of the molecule is CCCC(N)C(=O)N(C)CCN1C(=O)c2ccccc2C1=O. The van der Waals surface area contributed by atoms with Gasteiger partial charge >= 0.3 is 0 Å². The summed E-state index contributed by atoms with van der Waals surface area (Å²) >= 11 is 0. The van der Waals surface area contributed by atoms with Crippen molar-refractivity contribution < 1.29 is 14.4 Å². The Balaban J connectivity index is 1.97. The Morgan fingerprint density at radius 1 is 1.23 bits per heavy atom. The highest BCUT2D eigenvalue weighted by atomic mass is 16.2. The normalized spacial score (nSPS) is 15.0. The third-order valence-electron chi connectivity index (χ3n) is 3.83. The number of hydrogen-bond acceptors (Lipinski definition) is 4. The lowest BCUT2D eigenvalue weighted by Gasteiger charge is -2.23. The van der Waals surface area contributed by atoms with Crippen molar-refractivity contribution in [3.8, 4) is 0 Å². The van der Waals surface area contributed by atoms with E-state index in [0.29, 0.717) is 17.5 Å². The first-order valence-corrected chi connectivity index (χ1v) is 7.43. The number of rotatable bonds is 6. The Hall–Kier alpha value is -2.21. The smallest absolute Gasteiger partial charge is 0.261 e. The minimum Gasteiger partial charge on any atom is -0.343 e. The number of carbonyl (C=O) groups is 3. The molecule has 1 aromatic carbocycles. The third kappa shape index (κ3) is 3.01. The number of benzene rings is 1. The fourth-order valence-corrected chi connectivity index (χ4v) is 2.52. The molecule has 0 aliphatic carbocycles. The molecule has 0 aromatic heterocycles. The van der Waals surface area contributed by atoms with Crippen molar-refractivity contribution in [2.75, 3.05) is 20.1 Å². The third-order valence-corrected chi connectivity index (χ3v) is 3.83. The molecular weight excluding hydrogens is 282 g/mol. The van der Waals surface area contributed by atoms with Gasteiger partial charge in [-0.3, -0.25) is 19.3 Å². The first-order chi connectivity index (χ1) is 10.5. The summed E-state index contributed by atoms with van der Waals surface area (Å²) in [5.74, 6) is -0.780. The Morgan fingerprint density at radius 2 is 1.77 bits per heavy atom. The second-order valence-corrected chi connectivity index (χ2v) is 5.46. The Morgan fingerprint density at radius 3 is 2.27 bits per heavy atom. The van der Waals surface area contributed by atoms with Crippen molar-refractivity contribution in [2.45, 2.75) is 25.8 Å². The summed E-state index contributed by atoms with van der Waals surface area (Å²) in [6.07, 6.45) is 1.45. The van der Waals surface area contributed by atoms with Crippen LogP contribution in [0.1, 0.15) is 40.5 Å². The standard InChI is InChI=1S/C16H21N3O3/c1-3-6-13(17)16(22)18(2)9-10-19-14(20)11-7-4-5-8-12(11)15(19)21/h4-5,7-8,13H,3,6,9-10,17H2,1-2H3. The van der Waals surface area contributed by atoms with Crippen molar-refractivity contribution in [1.82, 2.24) is 9.80 Å². The van der Waals surface area contributed by atoms with Gasteiger partial charge in [-0.05, 0) is 18.6 Å². The van der Waals surface area contributed by atoms with Gasteiger partial charge in [0.25, 0.3) is 11.8 Å². The first kappa shape index (κ1) is 16.2. The van der Waals surface area contributed by atoms with Gasteiger partial charge in [-0.1, -0.05) is 25.5 Å². The molecule has 0 saturated heterocycles. The molecule has 6 nitrogen and oxygen atoms in total. The van der Waals surface area contributed by atoms with Crippen LogP contribution in [0.5, 0.6) is 0 Å². The molecule has 0 bridgehead atoms. The topological polar surface area (TPSA) is 83.7 Å². The molecule has 0 radical (unpaired) electrons. The summed E-state index contributed by atoms with van der Waals surface area (Å²) in [6.45, 7) is 2.42. The zero-order valence-electron chi connectivity index (χ0n) is 12.9. The van der Waals surface area contributed by atoms with Gasteiger partial charge in [-0.2, -0.15) is 0 Å². The van der Waals surface area contributed by atoms with Crippen molar-refractivity contribution >= 4 is 17.7 Å². The van der Waals surface area contributed by atoms with Gasteiger partial charge in [-0.25, -0.2) is 0 Å². The minimum absolute atomic E-state index is 0.168. The van der Waals surface area contributed by atoms with E-state index in [1.54, 1.807) is 31.3 Å². The monoisotopic (exact) mass is 303 g/mol. The fourth-order valence-electron chi connectivity index (χ4n) is 2.52. The van der Waals surface area contributed by atoms with E-state index in [1.165, 1.54) is 9.80 Å². The van der Waals surface area contributed by atoms with Crippen LogP contribution in [-0.4, -0.2) is 53.7 Å². The number of imide groups is 1. The van der Waals surface area contributed by atoms with Crippen LogP contribution < -0.4 is 5.73 Å². The molecule has 1 heterocycles. The summed E-state index contributed by atoms with van der Waals surface area (Å²) in [5.41, 5.74) is 6.64. The molecule has 1 atom stereocenters. The van der Waals surface area contributed by atoms with Crippen LogP contribution in [0.2, 0.25) is 0 Å². The molecular formula is C16H21N3O3. The van der Waals surface area contributed by atoms with E-state index < -0.39 is 6.04 Å². The zero-order chi connectivity index (χ0) is 16.3. The second-order valence-electron chi connectivity index (χ2n) is 5.46. The highest BCUT2D eigenvalue weighted by Crippen LogP contribution is 2.21. The van der Waals surface area contributed by atoms with Gasteiger partial charge in [0, 0.05) is 20.1 Å². The maximum atomic E-state index is 12.2. The van der Waals surface area contributed by atoms with Crippen LogP contribution >= 0.6 is 0 Å². The van der Waals surface area contributed by atoms with E-state index in [-0.39, 0.29) is 30.8 Å². The van der Waals surface area contributed by atoms with E-state index in [2.05, 4.69) is 0 Å². The predicted molar refractivity (Wildman–Crippen MR) is 82.3 cm³/mol. The molecule has 6 heteroatoms. The summed E-state index contributed by atoms with van der Waals surface area (Å²) in [4.78, 5) is 39.1. The fraction of sp³-hybridized carbons (Fsp3) is 0.438. The van der Waals surface area contributed by atoms with Crippen molar-refractivity contribution in [2.24, 2.45) is 5.73 Å². The van der Waals surface area contributed by atoms with Gasteiger partial charge in [-0.15, -0.1) is 0 Å². The molecule has 2 N–H and O–H groups in total. The van der Waals surface area contributed by atoms with E-state index in [9.17, 15) is 14.4 Å². The molecule has 118 valence electrons. The van der Waals surface area contributed by atoms with Gasteiger partial charge in [0.15, 0.2) is 0 Å². The number of amides is 3. The lowest BCUT2D eigenvalue weighted by Crippen LogP contribution is -2.45. The number of hydrogen-bond donors (Lipinski definition) is 1. The van der Waals surface area contributed by atoms with Gasteiger partial charge in [0.05, 0.1) is 17.2 Å². The van der Waals surface area contributed by atoms with Crippen molar-refractivity contribution in [3.05, 3.63) is 35.4 Å². The number of nitrogens with two attached hydrogens (primary N) is 1. The largest absolute Gasteiger partial charge is 0.343 e. The lowest BCUT2D eigenvalue weighted by atomic mass is 10.1. The van der Waals surface area contributed by atoms with Crippen LogP contribution in [-0.2, 0) is 4.79 Å². The van der Waals surface area contributed by atoms with E-state index in [0.717, 1.165) is 6.42 Å². The maximum Gasteiger partial charge on any atom is 0.261 e. The predicted octanol–water partition coefficient (Wildman–Crippen LogP) is 0.868. The number of carbonyl (C=O) groups excluding carboxylic acids is 3. The van der Waals surface area contributed by atoms with Crippen molar-refractivity contribution in [3.63, 3.8) is 0 Å². The van der Waals surface area contributed by atoms with Crippen LogP contribution in [0.15, 0.2) is 24.3 Å². The van der Waals surface area contributed by atoms with E-state index in [1.807, 2.05) is 6.92 Å². The summed E-state index contributed by atoms with van der Waals surface area (Å²) in [7, 11) is 1.63. The van der Waals surface area contributed by atoms with E-state index in [4.69, 9.17) is 5.73 Å². The van der Waals surface area contributed by atoms with Gasteiger partial charge < -0.3 is 10.6 Å². The highest BCUT2D eigenvalue weighted by Gasteiger charge is 2.35. The molecule has 22 heavy (non-hydrogen) atoms. The highest BCUT2D eigenvalue weighted by molar-refractivity contribution is 6.21. The summed E-state index contributed by atoms with van der Waals surface area (Å²) in [6, 6.07) is 6.21. The van der Waals surface area contributed by atoms with Crippen LogP contribution in [0.4, 0.5) is 0 Å². The molecule has 1 unspecified atom stereocenters. The van der Waals surface area contributed by atoms with Gasteiger partial charge in [0.2, 0.25) is 5.91 Å². The maximum absolute atomic E-state index is 12.2. The van der Waals surface area contributed by atoms with Crippen LogP contribution in [0.3, 0.4) is 0 Å². The molecule has 3 amide bonds. The molecule has 1 aliphatic rings.